The number of amides is 1. The van der Waals surface area contributed by atoms with Gasteiger partial charge in [-0.1, -0.05) is 19.1 Å². The van der Waals surface area contributed by atoms with E-state index in [-0.39, 0.29) is 36.7 Å². The molecule has 0 saturated heterocycles. The molecule has 1 amide bonds. The molecule has 0 aromatic heterocycles. The van der Waals surface area contributed by atoms with Crippen LogP contribution in [-0.4, -0.2) is 42.2 Å². The van der Waals surface area contributed by atoms with Gasteiger partial charge in [0, 0.05) is 25.8 Å². The maximum absolute atomic E-state index is 11.9. The van der Waals surface area contributed by atoms with Crippen molar-refractivity contribution in [2.24, 2.45) is 5.92 Å². The number of likely N-dealkylation sites (N-methyl/N-ethyl adjacent to an activating group) is 1. The summed E-state index contributed by atoms with van der Waals surface area (Å²) < 4.78 is 0. The van der Waals surface area contributed by atoms with Crippen molar-refractivity contribution in [3.8, 4) is 0 Å². The van der Waals surface area contributed by atoms with Crippen LogP contribution in [0, 0.1) is 16.0 Å². The average molecular weight is 295 g/mol. The van der Waals surface area contributed by atoms with Crippen LogP contribution in [0.1, 0.15) is 13.8 Å². The molecule has 2 unspecified atom stereocenters. The van der Waals surface area contributed by atoms with Crippen LogP contribution in [0.3, 0.4) is 0 Å². The molecule has 1 aromatic rings. The van der Waals surface area contributed by atoms with Crippen molar-refractivity contribution in [3.63, 3.8) is 0 Å². The van der Waals surface area contributed by atoms with Crippen molar-refractivity contribution in [1.29, 1.82) is 0 Å². The molecule has 1 rings (SSSR count). The lowest BCUT2D eigenvalue weighted by molar-refractivity contribution is -0.384. The number of para-hydroxylation sites is 2. The van der Waals surface area contributed by atoms with Crippen molar-refractivity contribution < 1.29 is 14.8 Å². The monoisotopic (exact) mass is 295 g/mol. The van der Waals surface area contributed by atoms with Crippen LogP contribution in [0.25, 0.3) is 0 Å². The van der Waals surface area contributed by atoms with E-state index in [9.17, 15) is 14.9 Å². The molecule has 0 aliphatic rings. The SMILES string of the molecule is CC(CO)C(C)NC(=O)CN(C)c1ccccc1[N+](=O)[O-]. The first kappa shape index (κ1) is 16.9. The van der Waals surface area contributed by atoms with E-state index in [0.29, 0.717) is 5.69 Å². The van der Waals surface area contributed by atoms with E-state index < -0.39 is 4.92 Å². The predicted molar refractivity (Wildman–Crippen MR) is 80.2 cm³/mol. The maximum atomic E-state index is 11.9. The van der Waals surface area contributed by atoms with Crippen LogP contribution in [0.15, 0.2) is 24.3 Å². The normalized spacial score (nSPS) is 13.3. The highest BCUT2D eigenvalue weighted by Crippen LogP contribution is 2.26. The summed E-state index contributed by atoms with van der Waals surface area (Å²) in [6.45, 7) is 3.63. The number of nitro groups is 1. The third kappa shape index (κ3) is 4.71. The van der Waals surface area contributed by atoms with E-state index in [4.69, 9.17) is 5.11 Å². The predicted octanol–water partition coefficient (Wildman–Crippen LogP) is 1.16. The number of anilines is 1. The minimum absolute atomic E-state index is 0.00728. The van der Waals surface area contributed by atoms with Gasteiger partial charge >= 0.3 is 0 Å². The molecular weight excluding hydrogens is 274 g/mol. The molecule has 0 saturated carbocycles. The molecule has 116 valence electrons. The van der Waals surface area contributed by atoms with Gasteiger partial charge in [0.2, 0.25) is 5.91 Å². The smallest absolute Gasteiger partial charge is 0.292 e. The summed E-state index contributed by atoms with van der Waals surface area (Å²) in [7, 11) is 1.63. The van der Waals surface area contributed by atoms with E-state index in [1.807, 2.05) is 13.8 Å². The van der Waals surface area contributed by atoms with Gasteiger partial charge in [0.1, 0.15) is 5.69 Å². The van der Waals surface area contributed by atoms with E-state index >= 15 is 0 Å². The number of carbonyl (C=O) groups excluding carboxylic acids is 1. The Morgan fingerprint density at radius 2 is 2.05 bits per heavy atom. The van der Waals surface area contributed by atoms with E-state index in [0.717, 1.165) is 0 Å². The van der Waals surface area contributed by atoms with Crippen LogP contribution in [0.5, 0.6) is 0 Å². The number of hydrogen-bond acceptors (Lipinski definition) is 5. The van der Waals surface area contributed by atoms with Crippen LogP contribution >= 0.6 is 0 Å². The number of benzene rings is 1. The molecule has 2 atom stereocenters. The molecule has 7 nitrogen and oxygen atoms in total. The largest absolute Gasteiger partial charge is 0.396 e. The molecule has 0 aliphatic heterocycles. The Bertz CT molecular complexity index is 507. The fourth-order valence-electron chi connectivity index (χ4n) is 1.84. The van der Waals surface area contributed by atoms with Crippen molar-refractivity contribution in [1.82, 2.24) is 5.32 Å². The van der Waals surface area contributed by atoms with Crippen LogP contribution < -0.4 is 10.2 Å². The highest BCUT2D eigenvalue weighted by molar-refractivity contribution is 5.82. The van der Waals surface area contributed by atoms with Gasteiger partial charge in [-0.15, -0.1) is 0 Å². The highest BCUT2D eigenvalue weighted by atomic mass is 16.6. The van der Waals surface area contributed by atoms with Gasteiger partial charge in [-0.05, 0) is 18.9 Å². The summed E-state index contributed by atoms with van der Waals surface area (Å²) in [6.07, 6.45) is 0. The topological polar surface area (TPSA) is 95.7 Å². The van der Waals surface area contributed by atoms with Gasteiger partial charge in [-0.25, -0.2) is 0 Å². The lowest BCUT2D eigenvalue weighted by Gasteiger charge is -2.23. The summed E-state index contributed by atoms with van der Waals surface area (Å²) in [5.41, 5.74) is 0.352. The minimum Gasteiger partial charge on any atom is -0.396 e. The van der Waals surface area contributed by atoms with Gasteiger partial charge in [0.15, 0.2) is 0 Å². The number of carbonyl (C=O) groups is 1. The third-order valence-electron chi connectivity index (χ3n) is 3.40. The molecule has 1 aromatic carbocycles. The Kier molecular flexibility index (Phi) is 6.10. The standard InChI is InChI=1S/C14H21N3O4/c1-10(9-18)11(2)15-14(19)8-16(3)12-6-4-5-7-13(12)17(20)21/h4-7,10-11,18H,8-9H2,1-3H3,(H,15,19). The molecule has 0 aliphatic carbocycles. The fourth-order valence-corrected chi connectivity index (χ4v) is 1.84. The summed E-state index contributed by atoms with van der Waals surface area (Å²) in [4.78, 5) is 24.0. The molecule has 0 fully saturated rings. The first-order chi connectivity index (χ1) is 9.86. The second-order valence-corrected chi connectivity index (χ2v) is 5.12. The number of nitrogens with one attached hydrogen (secondary N) is 1. The second kappa shape index (κ2) is 7.58. The third-order valence-corrected chi connectivity index (χ3v) is 3.40. The molecular formula is C14H21N3O4. The molecule has 7 heteroatoms. The Hall–Kier alpha value is -2.15. The van der Waals surface area contributed by atoms with Crippen LogP contribution in [0.2, 0.25) is 0 Å². The zero-order valence-electron chi connectivity index (χ0n) is 12.4. The van der Waals surface area contributed by atoms with Crippen molar-refractivity contribution >= 4 is 17.3 Å². The molecule has 0 bridgehead atoms. The number of aliphatic hydroxyl groups excluding tert-OH is 1. The second-order valence-electron chi connectivity index (χ2n) is 5.12. The molecule has 0 radical (unpaired) electrons. The Balaban J connectivity index is 2.71. The molecule has 21 heavy (non-hydrogen) atoms. The number of hydrogen-bond donors (Lipinski definition) is 2. The zero-order chi connectivity index (χ0) is 16.0. The Morgan fingerprint density at radius 1 is 1.43 bits per heavy atom. The van der Waals surface area contributed by atoms with E-state index in [1.165, 1.54) is 11.0 Å². The number of rotatable bonds is 7. The lowest BCUT2D eigenvalue weighted by Crippen LogP contribution is -2.43. The molecule has 0 spiro atoms. The highest BCUT2D eigenvalue weighted by Gasteiger charge is 2.19. The lowest BCUT2D eigenvalue weighted by atomic mass is 10.1. The van der Waals surface area contributed by atoms with E-state index in [1.54, 1.807) is 25.2 Å². The number of aliphatic hydroxyl groups is 1. The summed E-state index contributed by atoms with van der Waals surface area (Å²) in [5, 5.41) is 22.8. The first-order valence-electron chi connectivity index (χ1n) is 6.71. The Labute approximate surface area is 123 Å². The van der Waals surface area contributed by atoms with Crippen molar-refractivity contribution in [3.05, 3.63) is 34.4 Å². The Morgan fingerprint density at radius 3 is 2.62 bits per heavy atom. The van der Waals surface area contributed by atoms with Crippen molar-refractivity contribution in [2.75, 3.05) is 25.1 Å². The van der Waals surface area contributed by atoms with Gasteiger partial charge in [-0.2, -0.15) is 0 Å². The summed E-state index contributed by atoms with van der Waals surface area (Å²) in [5.74, 6) is -0.297. The average Bonchev–Trinajstić information content (AvgIpc) is 2.45. The van der Waals surface area contributed by atoms with Gasteiger partial charge in [0.05, 0.1) is 11.5 Å². The fraction of sp³-hybridized carbons (Fsp3) is 0.500. The number of nitro benzene ring substituents is 1. The molecule has 0 heterocycles. The quantitative estimate of drug-likeness (QED) is 0.581. The van der Waals surface area contributed by atoms with Gasteiger partial charge in [-0.3, -0.25) is 14.9 Å². The van der Waals surface area contributed by atoms with Crippen LogP contribution in [-0.2, 0) is 4.79 Å². The summed E-state index contributed by atoms with van der Waals surface area (Å²) in [6, 6.07) is 6.11. The zero-order valence-corrected chi connectivity index (χ0v) is 12.4. The maximum Gasteiger partial charge on any atom is 0.292 e. The van der Waals surface area contributed by atoms with Gasteiger partial charge < -0.3 is 15.3 Å². The van der Waals surface area contributed by atoms with Gasteiger partial charge in [0.25, 0.3) is 5.69 Å². The first-order valence-corrected chi connectivity index (χ1v) is 6.71. The van der Waals surface area contributed by atoms with E-state index in [2.05, 4.69) is 5.32 Å². The molecule has 2 N–H and O–H groups in total. The minimum atomic E-state index is -0.472. The number of nitrogens with zero attached hydrogens (tertiary/aromatic N) is 2. The summed E-state index contributed by atoms with van der Waals surface area (Å²) >= 11 is 0. The van der Waals surface area contributed by atoms with Crippen LogP contribution in [0.4, 0.5) is 11.4 Å². The van der Waals surface area contributed by atoms with Crippen molar-refractivity contribution in [2.45, 2.75) is 19.9 Å².